The third-order valence-electron chi connectivity index (χ3n) is 1.76. The maximum atomic E-state index is 11.9. The number of hydrogen-bond acceptors (Lipinski definition) is 3. The van der Waals surface area contributed by atoms with Gasteiger partial charge < -0.3 is 10.4 Å². The summed E-state index contributed by atoms with van der Waals surface area (Å²) in [5, 5.41) is 10.1. The van der Waals surface area contributed by atoms with Crippen LogP contribution in [-0.4, -0.2) is 61.1 Å². The molecule has 1 unspecified atom stereocenters. The van der Waals surface area contributed by atoms with Crippen molar-refractivity contribution in [3.63, 3.8) is 0 Å². The van der Waals surface area contributed by atoms with Crippen molar-refractivity contribution in [2.24, 2.45) is 0 Å². The average molecular weight is 282 g/mol. The van der Waals surface area contributed by atoms with E-state index in [4.69, 9.17) is 5.11 Å². The molecule has 1 atom stereocenters. The summed E-state index contributed by atoms with van der Waals surface area (Å²) in [6.07, 6.45) is -12.1. The summed E-state index contributed by atoms with van der Waals surface area (Å²) in [5.74, 6) is -1.08. The van der Waals surface area contributed by atoms with Gasteiger partial charge in [0.15, 0.2) is 6.10 Å². The van der Waals surface area contributed by atoms with Gasteiger partial charge in [0, 0.05) is 6.54 Å². The van der Waals surface area contributed by atoms with Gasteiger partial charge in [-0.1, -0.05) is 0 Å². The van der Waals surface area contributed by atoms with Gasteiger partial charge in [-0.15, -0.1) is 0 Å². The SMILES string of the molecule is CN(CC(=O)NCC(F)(F)F)CC(O)C(F)(F)F. The van der Waals surface area contributed by atoms with Gasteiger partial charge in [-0.25, -0.2) is 0 Å². The Kier molecular flexibility index (Phi) is 5.87. The molecule has 0 saturated heterocycles. The fourth-order valence-corrected chi connectivity index (χ4v) is 0.963. The second-order valence-electron chi connectivity index (χ2n) is 3.65. The van der Waals surface area contributed by atoms with Gasteiger partial charge in [-0.05, 0) is 7.05 Å². The van der Waals surface area contributed by atoms with Crippen LogP contribution >= 0.6 is 0 Å². The van der Waals surface area contributed by atoms with Gasteiger partial charge in [-0.3, -0.25) is 9.69 Å². The zero-order valence-electron chi connectivity index (χ0n) is 9.27. The van der Waals surface area contributed by atoms with E-state index in [1.165, 1.54) is 5.32 Å². The molecule has 0 spiro atoms. The summed E-state index contributed by atoms with van der Waals surface area (Å²) >= 11 is 0. The number of halogens is 6. The Morgan fingerprint density at radius 2 is 1.78 bits per heavy atom. The number of likely N-dealkylation sites (N-methyl/N-ethyl adjacent to an activating group) is 1. The van der Waals surface area contributed by atoms with Gasteiger partial charge in [0.1, 0.15) is 6.54 Å². The van der Waals surface area contributed by atoms with E-state index in [2.05, 4.69) is 0 Å². The van der Waals surface area contributed by atoms with E-state index in [9.17, 15) is 31.1 Å². The molecular formula is C8H12F6N2O2. The number of aliphatic hydroxyl groups excluding tert-OH is 1. The van der Waals surface area contributed by atoms with Crippen molar-refractivity contribution in [2.75, 3.05) is 26.7 Å². The second kappa shape index (κ2) is 6.23. The van der Waals surface area contributed by atoms with Gasteiger partial charge in [0.05, 0.1) is 6.54 Å². The number of amides is 1. The fourth-order valence-electron chi connectivity index (χ4n) is 0.963. The highest BCUT2D eigenvalue weighted by Gasteiger charge is 2.38. The van der Waals surface area contributed by atoms with Crippen LogP contribution in [0.1, 0.15) is 0 Å². The quantitative estimate of drug-likeness (QED) is 0.723. The largest absolute Gasteiger partial charge is 0.415 e. The van der Waals surface area contributed by atoms with E-state index in [-0.39, 0.29) is 0 Å². The highest BCUT2D eigenvalue weighted by Crippen LogP contribution is 2.20. The Labute approximate surface area is 98.6 Å². The minimum Gasteiger partial charge on any atom is -0.382 e. The van der Waals surface area contributed by atoms with Crippen LogP contribution < -0.4 is 5.32 Å². The van der Waals surface area contributed by atoms with E-state index < -0.39 is 44.0 Å². The molecule has 18 heavy (non-hydrogen) atoms. The molecule has 10 heteroatoms. The summed E-state index contributed by atoms with van der Waals surface area (Å²) in [6.45, 7) is -3.13. The van der Waals surface area contributed by atoms with Crippen LogP contribution in [-0.2, 0) is 4.79 Å². The molecule has 0 aliphatic carbocycles. The van der Waals surface area contributed by atoms with Crippen LogP contribution in [0.2, 0.25) is 0 Å². The molecule has 0 bridgehead atoms. The molecule has 0 fully saturated rings. The predicted molar refractivity (Wildman–Crippen MR) is 48.6 cm³/mol. The van der Waals surface area contributed by atoms with Crippen LogP contribution in [0.5, 0.6) is 0 Å². The monoisotopic (exact) mass is 282 g/mol. The zero-order valence-corrected chi connectivity index (χ0v) is 9.27. The number of hydrogen-bond donors (Lipinski definition) is 2. The molecule has 0 aromatic rings. The summed E-state index contributed by atoms with van der Waals surface area (Å²) < 4.78 is 70.9. The van der Waals surface area contributed by atoms with E-state index in [1.807, 2.05) is 0 Å². The first-order valence-electron chi connectivity index (χ1n) is 4.68. The van der Waals surface area contributed by atoms with E-state index in [0.29, 0.717) is 0 Å². The number of nitrogens with zero attached hydrogens (tertiary/aromatic N) is 1. The summed E-state index contributed by atoms with van der Waals surface area (Å²) in [5.41, 5.74) is 0. The smallest absolute Gasteiger partial charge is 0.382 e. The van der Waals surface area contributed by atoms with Crippen molar-refractivity contribution >= 4 is 5.91 Å². The number of carbonyl (C=O) groups excluding carboxylic acids is 1. The second-order valence-corrected chi connectivity index (χ2v) is 3.65. The molecule has 4 nitrogen and oxygen atoms in total. The molecular weight excluding hydrogens is 270 g/mol. The maximum Gasteiger partial charge on any atom is 0.415 e. The highest BCUT2D eigenvalue weighted by atomic mass is 19.4. The molecule has 0 aromatic carbocycles. The topological polar surface area (TPSA) is 52.6 Å². The lowest BCUT2D eigenvalue weighted by atomic mass is 10.3. The minimum atomic E-state index is -4.84. The average Bonchev–Trinajstić information content (AvgIpc) is 2.11. The standard InChI is InChI=1S/C8H12F6N2O2/c1-16(2-5(17)8(12,13)14)3-6(18)15-4-7(9,10)11/h5,17H,2-4H2,1H3,(H,15,18). The first-order valence-corrected chi connectivity index (χ1v) is 4.68. The number of carbonyl (C=O) groups is 1. The lowest BCUT2D eigenvalue weighted by Crippen LogP contribution is -2.44. The lowest BCUT2D eigenvalue weighted by molar-refractivity contribution is -0.207. The fraction of sp³-hybridized carbons (Fsp3) is 0.875. The third-order valence-corrected chi connectivity index (χ3v) is 1.76. The predicted octanol–water partition coefficient (Wildman–Crippen LogP) is 0.520. The highest BCUT2D eigenvalue weighted by molar-refractivity contribution is 5.78. The Morgan fingerprint density at radius 1 is 1.28 bits per heavy atom. The van der Waals surface area contributed by atoms with Crippen LogP contribution in [0, 0.1) is 0 Å². The molecule has 108 valence electrons. The summed E-state index contributed by atoms with van der Waals surface area (Å²) in [7, 11) is 1.07. The molecule has 0 aromatic heterocycles. The van der Waals surface area contributed by atoms with Crippen LogP contribution in [0.25, 0.3) is 0 Å². The van der Waals surface area contributed by atoms with Crippen molar-refractivity contribution < 1.29 is 36.2 Å². The maximum absolute atomic E-state index is 11.9. The van der Waals surface area contributed by atoms with Gasteiger partial charge in [-0.2, -0.15) is 26.3 Å². The van der Waals surface area contributed by atoms with Crippen molar-refractivity contribution in [1.82, 2.24) is 10.2 Å². The molecule has 0 aliphatic rings. The molecule has 0 radical (unpaired) electrons. The molecule has 0 heterocycles. The van der Waals surface area contributed by atoms with E-state index >= 15 is 0 Å². The first kappa shape index (κ1) is 17.0. The van der Waals surface area contributed by atoms with E-state index in [0.717, 1.165) is 11.9 Å². The number of alkyl halides is 6. The van der Waals surface area contributed by atoms with Gasteiger partial charge >= 0.3 is 12.4 Å². The lowest BCUT2D eigenvalue weighted by Gasteiger charge is -2.21. The Morgan fingerprint density at radius 3 is 2.17 bits per heavy atom. The Balaban J connectivity index is 4.02. The molecule has 0 rings (SSSR count). The minimum absolute atomic E-state index is 0.677. The Hall–Kier alpha value is -1.03. The molecule has 2 N–H and O–H groups in total. The normalized spacial score (nSPS) is 14.7. The number of nitrogens with one attached hydrogen (secondary N) is 1. The van der Waals surface area contributed by atoms with Crippen LogP contribution in [0.3, 0.4) is 0 Å². The van der Waals surface area contributed by atoms with Crippen LogP contribution in [0.4, 0.5) is 26.3 Å². The van der Waals surface area contributed by atoms with Gasteiger partial charge in [0.2, 0.25) is 5.91 Å². The summed E-state index contributed by atoms with van der Waals surface area (Å²) in [6, 6.07) is 0. The Bertz CT molecular complexity index is 278. The number of aliphatic hydroxyl groups is 1. The number of rotatable bonds is 5. The molecule has 0 saturated carbocycles. The van der Waals surface area contributed by atoms with Crippen LogP contribution in [0.15, 0.2) is 0 Å². The van der Waals surface area contributed by atoms with Gasteiger partial charge in [0.25, 0.3) is 0 Å². The molecule has 1 amide bonds. The van der Waals surface area contributed by atoms with E-state index in [1.54, 1.807) is 0 Å². The first-order chi connectivity index (χ1) is 7.92. The zero-order chi connectivity index (χ0) is 14.6. The van der Waals surface area contributed by atoms with Crippen molar-refractivity contribution in [3.8, 4) is 0 Å². The molecule has 0 aliphatic heterocycles. The van der Waals surface area contributed by atoms with Crippen molar-refractivity contribution in [2.45, 2.75) is 18.5 Å². The summed E-state index contributed by atoms with van der Waals surface area (Å²) in [4.78, 5) is 11.7. The van der Waals surface area contributed by atoms with Crippen molar-refractivity contribution in [3.05, 3.63) is 0 Å². The van der Waals surface area contributed by atoms with Crippen molar-refractivity contribution in [1.29, 1.82) is 0 Å². The third kappa shape index (κ3) is 8.12.